The lowest BCUT2D eigenvalue weighted by molar-refractivity contribution is -0.0915. The summed E-state index contributed by atoms with van der Waals surface area (Å²) >= 11 is 0. The molecule has 3 aromatic rings. The summed E-state index contributed by atoms with van der Waals surface area (Å²) in [5.41, 5.74) is 3.64. The minimum absolute atomic E-state index is 0.272. The van der Waals surface area contributed by atoms with Gasteiger partial charge in [0.1, 0.15) is 23.0 Å². The van der Waals surface area contributed by atoms with E-state index in [4.69, 9.17) is 14.2 Å². The van der Waals surface area contributed by atoms with Gasteiger partial charge in [0, 0.05) is 82.9 Å². The molecule has 0 radical (unpaired) electrons. The zero-order valence-corrected chi connectivity index (χ0v) is 25.2. The normalized spacial score (nSPS) is 22.2. The third-order valence-electron chi connectivity index (χ3n) is 9.09. The lowest BCUT2D eigenvalue weighted by Crippen LogP contribution is -2.79. The van der Waals surface area contributed by atoms with Crippen molar-refractivity contribution in [3.05, 3.63) is 72.8 Å². The van der Waals surface area contributed by atoms with Crippen LogP contribution in [0, 0.1) is 0 Å². The summed E-state index contributed by atoms with van der Waals surface area (Å²) in [5, 5.41) is 4.05. The van der Waals surface area contributed by atoms with E-state index < -0.39 is 0 Å². The van der Waals surface area contributed by atoms with E-state index in [1.807, 2.05) is 12.1 Å². The van der Waals surface area contributed by atoms with Crippen molar-refractivity contribution in [2.45, 2.75) is 5.79 Å². The molecule has 0 amide bonds. The molecule has 224 valence electrons. The van der Waals surface area contributed by atoms with Gasteiger partial charge in [-0.1, -0.05) is 18.2 Å². The van der Waals surface area contributed by atoms with Crippen molar-refractivity contribution in [2.75, 3.05) is 108 Å². The van der Waals surface area contributed by atoms with E-state index in [-0.39, 0.29) is 5.79 Å². The van der Waals surface area contributed by atoms with E-state index in [1.165, 1.54) is 11.4 Å². The number of hydrogen-bond donors (Lipinski definition) is 1. The fraction of sp³-hybridized carbons (Fsp3) is 0.455. The van der Waals surface area contributed by atoms with Crippen LogP contribution < -0.4 is 34.2 Å². The van der Waals surface area contributed by atoms with Gasteiger partial charge in [-0.3, -0.25) is 15.1 Å². The van der Waals surface area contributed by atoms with Crippen LogP contribution in [0.4, 0.5) is 17.1 Å². The standard InChI is InChI=1S/C33H44N6O3/c1-40-29-13-11-27(12-14-29)35-17-21-38(22-18-35)33(26-37(16-15-34-33)31-9-4-5-10-32(31)42-3)39-23-19-36(20-24-39)28-7-6-8-30(25-28)41-2/h4-14,25,34H,15-24,26H2,1-3H3. The average molecular weight is 573 g/mol. The Morgan fingerprint density at radius 1 is 0.571 bits per heavy atom. The first-order valence-corrected chi connectivity index (χ1v) is 15.0. The number of methoxy groups -OCH3 is 3. The minimum atomic E-state index is -0.272. The molecule has 3 saturated heterocycles. The molecule has 1 N–H and O–H groups in total. The number of rotatable bonds is 8. The summed E-state index contributed by atoms with van der Waals surface area (Å²) < 4.78 is 16.7. The predicted octanol–water partition coefficient (Wildman–Crippen LogP) is 3.42. The Hall–Kier alpha value is -3.66. The van der Waals surface area contributed by atoms with Crippen LogP contribution in [-0.4, -0.2) is 109 Å². The molecule has 3 aliphatic heterocycles. The Bertz CT molecular complexity index is 1310. The Kier molecular flexibility index (Phi) is 8.60. The summed E-state index contributed by atoms with van der Waals surface area (Å²) in [6.45, 7) is 10.5. The van der Waals surface area contributed by atoms with Gasteiger partial charge >= 0.3 is 0 Å². The lowest BCUT2D eigenvalue weighted by Gasteiger charge is -2.59. The van der Waals surface area contributed by atoms with E-state index >= 15 is 0 Å². The molecule has 0 saturated carbocycles. The summed E-state index contributed by atoms with van der Waals surface area (Å²) in [6.07, 6.45) is 0. The van der Waals surface area contributed by atoms with Gasteiger partial charge in [-0.15, -0.1) is 0 Å². The molecule has 42 heavy (non-hydrogen) atoms. The molecule has 1 unspecified atom stereocenters. The highest BCUT2D eigenvalue weighted by Gasteiger charge is 2.47. The Morgan fingerprint density at radius 2 is 1.21 bits per heavy atom. The number of nitrogens with zero attached hydrogens (tertiary/aromatic N) is 5. The third kappa shape index (κ3) is 5.69. The monoisotopic (exact) mass is 572 g/mol. The van der Waals surface area contributed by atoms with Gasteiger partial charge in [0.25, 0.3) is 0 Å². The van der Waals surface area contributed by atoms with Crippen LogP contribution in [0.2, 0.25) is 0 Å². The van der Waals surface area contributed by atoms with E-state index in [0.717, 1.165) is 94.9 Å². The van der Waals surface area contributed by atoms with E-state index in [1.54, 1.807) is 21.3 Å². The lowest BCUT2D eigenvalue weighted by atomic mass is 10.1. The van der Waals surface area contributed by atoms with E-state index in [9.17, 15) is 0 Å². The molecule has 9 heteroatoms. The number of anilines is 3. The zero-order valence-electron chi connectivity index (χ0n) is 25.2. The fourth-order valence-corrected chi connectivity index (χ4v) is 6.78. The van der Waals surface area contributed by atoms with Crippen molar-refractivity contribution in [1.29, 1.82) is 0 Å². The van der Waals surface area contributed by atoms with Crippen molar-refractivity contribution >= 4 is 17.1 Å². The maximum Gasteiger partial charge on any atom is 0.147 e. The van der Waals surface area contributed by atoms with Crippen LogP contribution in [0.25, 0.3) is 0 Å². The van der Waals surface area contributed by atoms with Gasteiger partial charge in [0.2, 0.25) is 0 Å². The number of ether oxygens (including phenoxy) is 3. The summed E-state index contributed by atoms with van der Waals surface area (Å²) in [5.74, 6) is 2.46. The average Bonchev–Trinajstić information content (AvgIpc) is 3.08. The molecule has 0 aromatic heterocycles. The molecule has 3 heterocycles. The topological polar surface area (TPSA) is 55.9 Å². The SMILES string of the molecule is COc1ccc(N2CCN(C3(N4CCN(c5cccc(OC)c5)CC4)CN(c4ccccc4OC)CCN3)CC2)cc1. The summed E-state index contributed by atoms with van der Waals surface area (Å²) in [6, 6.07) is 25.3. The second-order valence-corrected chi connectivity index (χ2v) is 11.2. The fourth-order valence-electron chi connectivity index (χ4n) is 6.78. The largest absolute Gasteiger partial charge is 0.497 e. The van der Waals surface area contributed by atoms with Gasteiger partial charge in [-0.2, -0.15) is 0 Å². The number of benzene rings is 3. The molecule has 3 fully saturated rings. The highest BCUT2D eigenvalue weighted by molar-refractivity contribution is 5.59. The number of hydrogen-bond acceptors (Lipinski definition) is 9. The van der Waals surface area contributed by atoms with Crippen LogP contribution in [0.5, 0.6) is 17.2 Å². The second kappa shape index (κ2) is 12.7. The minimum Gasteiger partial charge on any atom is -0.497 e. The second-order valence-electron chi connectivity index (χ2n) is 11.2. The Labute approximate surface area is 250 Å². The quantitative estimate of drug-likeness (QED) is 0.438. The van der Waals surface area contributed by atoms with Gasteiger partial charge in [0.15, 0.2) is 0 Å². The van der Waals surface area contributed by atoms with Crippen LogP contribution in [0.1, 0.15) is 0 Å². The first-order chi connectivity index (χ1) is 20.6. The maximum atomic E-state index is 5.80. The van der Waals surface area contributed by atoms with Gasteiger partial charge in [-0.05, 0) is 48.5 Å². The molecule has 1 atom stereocenters. The first-order valence-electron chi connectivity index (χ1n) is 15.0. The van der Waals surface area contributed by atoms with E-state index in [0.29, 0.717) is 0 Å². The van der Waals surface area contributed by atoms with Crippen molar-refractivity contribution in [3.63, 3.8) is 0 Å². The Morgan fingerprint density at radius 3 is 1.86 bits per heavy atom. The molecular weight excluding hydrogens is 528 g/mol. The van der Waals surface area contributed by atoms with Crippen molar-refractivity contribution in [1.82, 2.24) is 15.1 Å². The highest BCUT2D eigenvalue weighted by atomic mass is 16.5. The smallest absolute Gasteiger partial charge is 0.147 e. The number of piperazine rings is 3. The molecule has 3 aliphatic rings. The summed E-state index contributed by atoms with van der Waals surface area (Å²) in [4.78, 5) is 12.9. The number of nitrogens with one attached hydrogen (secondary N) is 1. The van der Waals surface area contributed by atoms with Crippen molar-refractivity contribution in [2.24, 2.45) is 0 Å². The maximum absolute atomic E-state index is 5.80. The molecule has 0 bridgehead atoms. The molecule has 9 nitrogen and oxygen atoms in total. The van der Waals surface area contributed by atoms with E-state index in [2.05, 4.69) is 90.5 Å². The van der Waals surface area contributed by atoms with Crippen LogP contribution in [0.3, 0.4) is 0 Å². The van der Waals surface area contributed by atoms with Crippen molar-refractivity contribution < 1.29 is 14.2 Å². The molecule has 3 aromatic carbocycles. The van der Waals surface area contributed by atoms with Gasteiger partial charge in [-0.25, -0.2) is 0 Å². The molecule has 0 aliphatic carbocycles. The van der Waals surface area contributed by atoms with Crippen LogP contribution in [0.15, 0.2) is 72.8 Å². The molecule has 6 rings (SSSR count). The Balaban J connectivity index is 1.23. The zero-order chi connectivity index (χ0) is 28.9. The predicted molar refractivity (Wildman–Crippen MR) is 170 cm³/mol. The molecule has 0 spiro atoms. The molecular formula is C33H44N6O3. The third-order valence-corrected chi connectivity index (χ3v) is 9.09. The van der Waals surface area contributed by atoms with Crippen LogP contribution >= 0.6 is 0 Å². The van der Waals surface area contributed by atoms with Crippen molar-refractivity contribution in [3.8, 4) is 17.2 Å². The van der Waals surface area contributed by atoms with Crippen LogP contribution in [-0.2, 0) is 0 Å². The summed E-state index contributed by atoms with van der Waals surface area (Å²) in [7, 11) is 5.22. The number of para-hydroxylation sites is 2. The van der Waals surface area contributed by atoms with Gasteiger partial charge in [0.05, 0.1) is 33.6 Å². The highest BCUT2D eigenvalue weighted by Crippen LogP contribution is 2.34. The first kappa shape index (κ1) is 28.5. The van der Waals surface area contributed by atoms with Gasteiger partial charge < -0.3 is 28.9 Å².